The van der Waals surface area contributed by atoms with E-state index in [9.17, 15) is 24.3 Å². The number of aromatic hydroxyl groups is 1. The lowest BCUT2D eigenvalue weighted by Gasteiger charge is -2.49. The van der Waals surface area contributed by atoms with Gasteiger partial charge in [-0.2, -0.15) is 0 Å². The van der Waals surface area contributed by atoms with Crippen molar-refractivity contribution in [2.45, 2.75) is 25.7 Å². The molecule has 0 aromatic heterocycles. The molecule has 2 aliphatic carbocycles. The van der Waals surface area contributed by atoms with Gasteiger partial charge in [-0.25, -0.2) is 4.90 Å². The van der Waals surface area contributed by atoms with Crippen LogP contribution in [-0.4, -0.2) is 47.8 Å². The minimum absolute atomic E-state index is 0.117. The van der Waals surface area contributed by atoms with Crippen LogP contribution in [-0.2, 0) is 19.2 Å². The van der Waals surface area contributed by atoms with Crippen LogP contribution in [0.3, 0.4) is 0 Å². The Morgan fingerprint density at radius 2 is 1.74 bits per heavy atom. The predicted octanol–water partition coefficient (Wildman–Crippen LogP) is 4.02. The van der Waals surface area contributed by atoms with E-state index in [1.165, 1.54) is 24.0 Å². The highest BCUT2D eigenvalue weighted by molar-refractivity contribution is 9.10. The number of phenolic OH excluding ortho intramolecular Hbond substituents is 1. The van der Waals surface area contributed by atoms with Crippen molar-refractivity contribution in [1.29, 1.82) is 0 Å². The van der Waals surface area contributed by atoms with Crippen LogP contribution in [0.2, 0.25) is 0 Å². The van der Waals surface area contributed by atoms with Crippen LogP contribution >= 0.6 is 15.9 Å². The van der Waals surface area contributed by atoms with Gasteiger partial charge in [-0.15, -0.1) is 0 Å². The molecule has 6 atom stereocenters. The van der Waals surface area contributed by atoms with Gasteiger partial charge in [-0.1, -0.05) is 45.8 Å². The van der Waals surface area contributed by atoms with E-state index in [0.717, 1.165) is 5.57 Å². The van der Waals surface area contributed by atoms with Gasteiger partial charge in [0.05, 0.1) is 36.0 Å². The van der Waals surface area contributed by atoms with E-state index in [4.69, 9.17) is 4.74 Å². The van der Waals surface area contributed by atoms with Crippen LogP contribution in [0, 0.1) is 29.1 Å². The second kappa shape index (κ2) is 8.53. The molecule has 0 bridgehead atoms. The van der Waals surface area contributed by atoms with E-state index < -0.39 is 35.0 Å². The lowest BCUT2D eigenvalue weighted by molar-refractivity contribution is -0.138. The third kappa shape index (κ3) is 3.14. The summed E-state index contributed by atoms with van der Waals surface area (Å²) in [6.07, 6.45) is 2.59. The summed E-state index contributed by atoms with van der Waals surface area (Å²) in [6, 6.07) is 12.2. The Balaban J connectivity index is 1.59. The molecule has 3 fully saturated rings. The number of anilines is 1. The molecule has 9 heteroatoms. The number of methoxy groups -OCH3 is 1. The number of allylic oxidation sites excluding steroid dienone is 2. The van der Waals surface area contributed by atoms with Crippen LogP contribution < -0.4 is 9.64 Å². The lowest BCUT2D eigenvalue weighted by Crippen LogP contribution is -2.48. The van der Waals surface area contributed by atoms with Gasteiger partial charge in [0.1, 0.15) is 0 Å². The fraction of sp³-hybridized carbons (Fsp3) is 0.379. The smallest absolute Gasteiger partial charge is 0.241 e. The van der Waals surface area contributed by atoms with Crippen molar-refractivity contribution in [3.05, 3.63) is 64.1 Å². The highest BCUT2D eigenvalue weighted by Gasteiger charge is 2.67. The monoisotopic (exact) mass is 578 g/mol. The zero-order valence-electron chi connectivity index (χ0n) is 21.2. The van der Waals surface area contributed by atoms with Crippen molar-refractivity contribution in [3.8, 4) is 11.5 Å². The molecular formula is C29H27BrN2O6. The summed E-state index contributed by atoms with van der Waals surface area (Å²) < 4.78 is 6.06. The number of hydrogen-bond donors (Lipinski definition) is 1. The van der Waals surface area contributed by atoms with Crippen molar-refractivity contribution < 1.29 is 29.0 Å². The fourth-order valence-electron chi connectivity index (χ4n) is 7.31. The summed E-state index contributed by atoms with van der Waals surface area (Å²) >= 11 is 3.50. The maximum absolute atomic E-state index is 14.3. The third-order valence-electron chi connectivity index (χ3n) is 9.11. The summed E-state index contributed by atoms with van der Waals surface area (Å²) in [5.74, 6) is -4.03. The first kappa shape index (κ1) is 24.9. The summed E-state index contributed by atoms with van der Waals surface area (Å²) in [5.41, 5.74) is 0.505. The van der Waals surface area contributed by atoms with Gasteiger partial charge in [-0.05, 0) is 49.9 Å². The fourth-order valence-corrected chi connectivity index (χ4v) is 7.76. The topological polar surface area (TPSA) is 104 Å². The Morgan fingerprint density at radius 3 is 2.42 bits per heavy atom. The standard InChI is InChI=1S/C29H27BrN2O6/c1-29-20(26(35)32(28(29)37)15-7-5-4-6-8-15)13-18-16(9-10-17-22(18)27(36)31(2)25(17)34)23(29)19-11-14(30)12-21(38-3)24(19)33/h4-9,11-12,17-18,20,22-23,33H,10,13H2,1-3H3. The number of halogens is 1. The normalized spacial score (nSPS) is 32.2. The van der Waals surface area contributed by atoms with Crippen LogP contribution in [0.5, 0.6) is 11.5 Å². The average molecular weight is 579 g/mol. The molecule has 196 valence electrons. The van der Waals surface area contributed by atoms with Crippen molar-refractivity contribution in [1.82, 2.24) is 4.90 Å². The summed E-state index contributed by atoms with van der Waals surface area (Å²) in [5, 5.41) is 11.3. The maximum Gasteiger partial charge on any atom is 0.241 e. The van der Waals surface area contributed by atoms with E-state index in [1.54, 1.807) is 43.3 Å². The number of carbonyl (C=O) groups is 4. The molecule has 2 heterocycles. The first-order valence-electron chi connectivity index (χ1n) is 12.6. The number of hydrogen-bond acceptors (Lipinski definition) is 6. The first-order chi connectivity index (χ1) is 18.1. The Bertz CT molecular complexity index is 1440. The van der Waals surface area contributed by atoms with Crippen LogP contribution in [0.15, 0.2) is 58.6 Å². The number of likely N-dealkylation sites (tertiary alicyclic amines) is 1. The number of rotatable bonds is 3. The van der Waals surface area contributed by atoms with Crippen molar-refractivity contribution in [2.75, 3.05) is 19.1 Å². The molecule has 0 radical (unpaired) electrons. The Hall–Kier alpha value is -3.46. The molecule has 6 rings (SSSR count). The van der Waals surface area contributed by atoms with Crippen LogP contribution in [0.4, 0.5) is 5.69 Å². The number of phenols is 1. The van der Waals surface area contributed by atoms with Gasteiger partial charge in [0.15, 0.2) is 11.5 Å². The Labute approximate surface area is 228 Å². The second-order valence-corrected chi connectivity index (χ2v) is 11.7. The van der Waals surface area contributed by atoms with Gasteiger partial charge in [0.25, 0.3) is 0 Å². The molecule has 8 nitrogen and oxygen atoms in total. The highest BCUT2D eigenvalue weighted by Crippen LogP contribution is 2.65. The van der Waals surface area contributed by atoms with Gasteiger partial charge in [0.2, 0.25) is 23.6 Å². The molecule has 0 spiro atoms. The highest BCUT2D eigenvalue weighted by atomic mass is 79.9. The average Bonchev–Trinajstić information content (AvgIpc) is 3.25. The number of carbonyl (C=O) groups excluding carboxylic acids is 4. The maximum atomic E-state index is 14.3. The van der Waals surface area contributed by atoms with Gasteiger partial charge >= 0.3 is 0 Å². The van der Waals surface area contributed by atoms with E-state index in [0.29, 0.717) is 22.1 Å². The Morgan fingerprint density at radius 1 is 1.03 bits per heavy atom. The number of fused-ring (bicyclic) bond motifs is 4. The molecule has 38 heavy (non-hydrogen) atoms. The van der Waals surface area contributed by atoms with E-state index in [1.807, 2.05) is 12.1 Å². The number of benzene rings is 2. The number of amides is 4. The quantitative estimate of drug-likeness (QED) is 0.435. The number of para-hydroxylation sites is 1. The molecular weight excluding hydrogens is 552 g/mol. The molecule has 2 aromatic rings. The minimum atomic E-state index is -1.23. The number of ether oxygens (including phenoxy) is 1. The molecule has 2 aliphatic heterocycles. The van der Waals surface area contributed by atoms with Crippen molar-refractivity contribution >= 4 is 45.2 Å². The summed E-state index contributed by atoms with van der Waals surface area (Å²) in [4.78, 5) is 56.9. The van der Waals surface area contributed by atoms with Gasteiger partial charge in [-0.3, -0.25) is 24.1 Å². The molecule has 2 aromatic carbocycles. The van der Waals surface area contributed by atoms with Gasteiger partial charge in [0, 0.05) is 23.0 Å². The molecule has 4 amide bonds. The van der Waals surface area contributed by atoms with E-state index >= 15 is 0 Å². The molecule has 4 aliphatic rings. The molecule has 1 saturated carbocycles. The number of nitrogens with zero attached hydrogens (tertiary/aromatic N) is 2. The summed E-state index contributed by atoms with van der Waals surface area (Å²) in [7, 11) is 2.95. The Kier molecular flexibility index (Phi) is 5.58. The zero-order valence-corrected chi connectivity index (χ0v) is 22.8. The third-order valence-corrected chi connectivity index (χ3v) is 9.57. The molecule has 1 N–H and O–H groups in total. The first-order valence-corrected chi connectivity index (χ1v) is 13.4. The predicted molar refractivity (Wildman–Crippen MR) is 141 cm³/mol. The molecule has 6 unspecified atom stereocenters. The lowest BCUT2D eigenvalue weighted by atomic mass is 9.51. The van der Waals surface area contributed by atoms with Gasteiger partial charge < -0.3 is 9.84 Å². The largest absolute Gasteiger partial charge is 0.504 e. The van der Waals surface area contributed by atoms with Crippen molar-refractivity contribution in [2.24, 2.45) is 29.1 Å². The van der Waals surface area contributed by atoms with Crippen LogP contribution in [0.1, 0.15) is 31.2 Å². The van der Waals surface area contributed by atoms with E-state index in [2.05, 4.69) is 15.9 Å². The van der Waals surface area contributed by atoms with E-state index in [-0.39, 0.29) is 41.5 Å². The second-order valence-electron chi connectivity index (χ2n) is 10.8. The summed E-state index contributed by atoms with van der Waals surface area (Å²) in [6.45, 7) is 1.79. The minimum Gasteiger partial charge on any atom is -0.504 e. The molecule has 2 saturated heterocycles. The SMILES string of the molecule is COc1cc(Br)cc(C2C3=CCC4C(=O)N(C)C(=O)C4C3CC3C(=O)N(c4ccccc4)C(=O)C32C)c1O. The van der Waals surface area contributed by atoms with Crippen LogP contribution in [0.25, 0.3) is 0 Å². The number of imide groups is 2. The van der Waals surface area contributed by atoms with Crippen molar-refractivity contribution in [3.63, 3.8) is 0 Å². The zero-order chi connectivity index (χ0) is 27.1.